The molecule has 1 aromatic carbocycles. The van der Waals surface area contributed by atoms with E-state index in [1.807, 2.05) is 24.3 Å². The molecule has 1 N–H and O–H groups in total. The number of para-hydroxylation sites is 1. The Balaban J connectivity index is 1.80. The first-order valence-corrected chi connectivity index (χ1v) is 7.13. The van der Waals surface area contributed by atoms with E-state index in [1.165, 1.54) is 0 Å². The van der Waals surface area contributed by atoms with E-state index >= 15 is 0 Å². The quantitative estimate of drug-likeness (QED) is 0.822. The molecule has 94 valence electrons. The molecule has 1 saturated carbocycles. The Bertz CT molecular complexity index is 525. The van der Waals surface area contributed by atoms with Crippen LogP contribution in [0.2, 0.25) is 0 Å². The number of nitrogens with one attached hydrogen (secondary N) is 1. The molecule has 2 nitrogen and oxygen atoms in total. The molecule has 3 rings (SSSR count). The predicted octanol–water partition coefficient (Wildman–Crippen LogP) is 3.99. The summed E-state index contributed by atoms with van der Waals surface area (Å²) < 4.78 is 0.931. The Morgan fingerprint density at radius 1 is 1.39 bits per heavy atom. The topological polar surface area (TPSA) is 29.1 Å². The number of carbonyl (C=O) groups excluding carboxylic acids is 1. The van der Waals surface area contributed by atoms with E-state index in [0.717, 1.165) is 23.0 Å². The standard InChI is InChI=1S/C15H16BrNO/c1-15(9-10-6-7-11(15)8-10)14(18)17-13-5-3-2-4-12(13)16/h2-7,10-11H,8-9H2,1H3,(H,17,18). The maximum atomic E-state index is 12.5. The van der Waals surface area contributed by atoms with Crippen molar-refractivity contribution in [3.63, 3.8) is 0 Å². The van der Waals surface area contributed by atoms with Crippen LogP contribution in [0.5, 0.6) is 0 Å². The van der Waals surface area contributed by atoms with Crippen molar-refractivity contribution in [3.05, 3.63) is 40.9 Å². The Morgan fingerprint density at radius 3 is 2.78 bits per heavy atom. The van der Waals surface area contributed by atoms with Gasteiger partial charge in [-0.05, 0) is 52.7 Å². The third-order valence-corrected chi connectivity index (χ3v) is 5.01. The van der Waals surface area contributed by atoms with E-state index in [2.05, 4.69) is 40.3 Å². The van der Waals surface area contributed by atoms with Crippen LogP contribution >= 0.6 is 15.9 Å². The molecule has 3 unspecified atom stereocenters. The van der Waals surface area contributed by atoms with Crippen LogP contribution in [-0.2, 0) is 4.79 Å². The first kappa shape index (κ1) is 12.0. The van der Waals surface area contributed by atoms with E-state index in [1.54, 1.807) is 0 Å². The Labute approximate surface area is 116 Å². The lowest BCUT2D eigenvalue weighted by atomic mass is 9.77. The second-order valence-corrected chi connectivity index (χ2v) is 6.40. The van der Waals surface area contributed by atoms with Crippen LogP contribution in [0, 0.1) is 17.3 Å². The normalized spacial score (nSPS) is 32.8. The minimum Gasteiger partial charge on any atom is -0.325 e. The van der Waals surface area contributed by atoms with Crippen LogP contribution in [0.25, 0.3) is 0 Å². The van der Waals surface area contributed by atoms with Gasteiger partial charge < -0.3 is 5.32 Å². The summed E-state index contributed by atoms with van der Waals surface area (Å²) in [6.07, 6.45) is 6.59. The molecule has 2 aliphatic carbocycles. The first-order chi connectivity index (χ1) is 8.59. The van der Waals surface area contributed by atoms with Crippen LogP contribution in [-0.4, -0.2) is 5.91 Å². The number of anilines is 1. The summed E-state index contributed by atoms with van der Waals surface area (Å²) in [6.45, 7) is 2.09. The van der Waals surface area contributed by atoms with E-state index in [0.29, 0.717) is 11.8 Å². The van der Waals surface area contributed by atoms with Crippen LogP contribution in [0.4, 0.5) is 5.69 Å². The number of amides is 1. The zero-order valence-electron chi connectivity index (χ0n) is 10.3. The Kier molecular flexibility index (Phi) is 2.81. The average molecular weight is 306 g/mol. The number of fused-ring (bicyclic) bond motifs is 2. The third-order valence-electron chi connectivity index (χ3n) is 4.32. The highest BCUT2D eigenvalue weighted by Crippen LogP contribution is 2.52. The molecule has 2 aliphatic rings. The molecule has 0 heterocycles. The number of benzene rings is 1. The van der Waals surface area contributed by atoms with Gasteiger partial charge in [-0.15, -0.1) is 0 Å². The number of rotatable bonds is 2. The monoisotopic (exact) mass is 305 g/mol. The van der Waals surface area contributed by atoms with Gasteiger partial charge in [0.05, 0.1) is 11.1 Å². The third kappa shape index (κ3) is 1.81. The summed E-state index contributed by atoms with van der Waals surface area (Å²) in [6, 6.07) is 7.75. The van der Waals surface area contributed by atoms with Crippen LogP contribution < -0.4 is 5.32 Å². The molecule has 0 spiro atoms. The lowest BCUT2D eigenvalue weighted by molar-refractivity contribution is -0.126. The largest absolute Gasteiger partial charge is 0.325 e. The van der Waals surface area contributed by atoms with Gasteiger partial charge in [-0.2, -0.15) is 0 Å². The van der Waals surface area contributed by atoms with Gasteiger partial charge in [0.15, 0.2) is 0 Å². The molecule has 1 aromatic rings. The summed E-state index contributed by atoms with van der Waals surface area (Å²) in [5.41, 5.74) is 0.616. The van der Waals surface area contributed by atoms with E-state index in [-0.39, 0.29) is 11.3 Å². The van der Waals surface area contributed by atoms with Gasteiger partial charge in [-0.1, -0.05) is 31.2 Å². The van der Waals surface area contributed by atoms with Gasteiger partial charge in [0.2, 0.25) is 5.91 Å². The van der Waals surface area contributed by atoms with Crippen molar-refractivity contribution in [1.82, 2.24) is 0 Å². The lowest BCUT2D eigenvalue weighted by Crippen LogP contribution is -2.37. The van der Waals surface area contributed by atoms with E-state index in [4.69, 9.17) is 0 Å². The van der Waals surface area contributed by atoms with Crippen molar-refractivity contribution in [1.29, 1.82) is 0 Å². The number of halogens is 1. The maximum Gasteiger partial charge on any atom is 0.230 e. The number of hydrogen-bond acceptors (Lipinski definition) is 1. The summed E-state index contributed by atoms with van der Waals surface area (Å²) >= 11 is 3.46. The molecule has 3 atom stereocenters. The van der Waals surface area contributed by atoms with Gasteiger partial charge in [-0.25, -0.2) is 0 Å². The van der Waals surface area contributed by atoms with Crippen LogP contribution in [0.1, 0.15) is 19.8 Å². The first-order valence-electron chi connectivity index (χ1n) is 6.34. The number of hydrogen-bond donors (Lipinski definition) is 1. The summed E-state index contributed by atoms with van der Waals surface area (Å²) in [5.74, 6) is 1.15. The summed E-state index contributed by atoms with van der Waals surface area (Å²) in [7, 11) is 0. The van der Waals surface area contributed by atoms with Gasteiger partial charge in [-0.3, -0.25) is 4.79 Å². The number of carbonyl (C=O) groups is 1. The van der Waals surface area contributed by atoms with E-state index in [9.17, 15) is 4.79 Å². The Morgan fingerprint density at radius 2 is 2.17 bits per heavy atom. The van der Waals surface area contributed by atoms with Crippen molar-refractivity contribution >= 4 is 27.5 Å². The van der Waals surface area contributed by atoms with Crippen LogP contribution in [0.3, 0.4) is 0 Å². The molecule has 0 aliphatic heterocycles. The second-order valence-electron chi connectivity index (χ2n) is 5.54. The zero-order valence-corrected chi connectivity index (χ0v) is 11.9. The fourth-order valence-electron chi connectivity index (χ4n) is 3.18. The molecular weight excluding hydrogens is 290 g/mol. The van der Waals surface area contributed by atoms with Gasteiger partial charge in [0.1, 0.15) is 0 Å². The molecule has 0 radical (unpaired) electrons. The predicted molar refractivity (Wildman–Crippen MR) is 76.2 cm³/mol. The fourth-order valence-corrected chi connectivity index (χ4v) is 3.57. The average Bonchev–Trinajstić information content (AvgIpc) is 2.92. The van der Waals surface area contributed by atoms with E-state index < -0.39 is 0 Å². The lowest BCUT2D eigenvalue weighted by Gasteiger charge is -2.30. The highest BCUT2D eigenvalue weighted by molar-refractivity contribution is 9.10. The highest BCUT2D eigenvalue weighted by Gasteiger charge is 2.49. The second kappa shape index (κ2) is 4.23. The SMILES string of the molecule is CC1(C(=O)Nc2ccccc2Br)CC2C=CC1C2. The molecule has 3 heteroatoms. The molecule has 0 aromatic heterocycles. The van der Waals surface area contributed by atoms with Gasteiger partial charge >= 0.3 is 0 Å². The fraction of sp³-hybridized carbons (Fsp3) is 0.400. The molecular formula is C15H16BrNO. The van der Waals surface area contributed by atoms with Crippen molar-refractivity contribution in [2.75, 3.05) is 5.32 Å². The highest BCUT2D eigenvalue weighted by atomic mass is 79.9. The molecule has 1 amide bonds. The minimum atomic E-state index is -0.241. The van der Waals surface area contributed by atoms with Gasteiger partial charge in [0, 0.05) is 4.47 Å². The van der Waals surface area contributed by atoms with Crippen molar-refractivity contribution < 1.29 is 4.79 Å². The van der Waals surface area contributed by atoms with Gasteiger partial charge in [0.25, 0.3) is 0 Å². The molecule has 2 bridgehead atoms. The Hall–Kier alpha value is -1.09. The number of allylic oxidation sites excluding steroid dienone is 2. The zero-order chi connectivity index (χ0) is 12.8. The summed E-state index contributed by atoms with van der Waals surface area (Å²) in [4.78, 5) is 12.5. The van der Waals surface area contributed by atoms with Crippen molar-refractivity contribution in [2.24, 2.45) is 17.3 Å². The smallest absolute Gasteiger partial charge is 0.230 e. The molecule has 0 saturated heterocycles. The molecule has 1 fully saturated rings. The van der Waals surface area contributed by atoms with Crippen LogP contribution in [0.15, 0.2) is 40.9 Å². The van der Waals surface area contributed by atoms with Crippen molar-refractivity contribution in [2.45, 2.75) is 19.8 Å². The van der Waals surface area contributed by atoms with Crippen molar-refractivity contribution in [3.8, 4) is 0 Å². The minimum absolute atomic E-state index is 0.145. The summed E-state index contributed by atoms with van der Waals surface area (Å²) in [5, 5.41) is 3.06. The molecule has 18 heavy (non-hydrogen) atoms. The maximum absolute atomic E-state index is 12.5.